The van der Waals surface area contributed by atoms with Crippen molar-refractivity contribution in [2.24, 2.45) is 0 Å². The van der Waals surface area contributed by atoms with Crippen molar-refractivity contribution in [2.75, 3.05) is 5.32 Å². The van der Waals surface area contributed by atoms with Crippen LogP contribution in [0.5, 0.6) is 0 Å². The molecule has 2 aromatic heterocycles. The number of rotatable bonds is 4. The lowest BCUT2D eigenvalue weighted by molar-refractivity contribution is 0.501. The predicted molar refractivity (Wildman–Crippen MR) is 87.4 cm³/mol. The van der Waals surface area contributed by atoms with Crippen LogP contribution in [0.1, 0.15) is 30.5 Å². The van der Waals surface area contributed by atoms with Gasteiger partial charge < -0.3 is 9.73 Å². The van der Waals surface area contributed by atoms with Gasteiger partial charge in [0, 0.05) is 21.0 Å². The van der Waals surface area contributed by atoms with E-state index in [9.17, 15) is 0 Å². The predicted octanol–water partition coefficient (Wildman–Crippen LogP) is 5.39. The van der Waals surface area contributed by atoms with E-state index >= 15 is 0 Å². The van der Waals surface area contributed by atoms with E-state index in [0.717, 1.165) is 33.7 Å². The summed E-state index contributed by atoms with van der Waals surface area (Å²) >= 11 is 5.28. The van der Waals surface area contributed by atoms with E-state index in [1.54, 1.807) is 11.3 Å². The van der Waals surface area contributed by atoms with Gasteiger partial charge in [0.05, 0.1) is 6.54 Å². The van der Waals surface area contributed by atoms with Crippen molar-refractivity contribution in [2.45, 2.75) is 26.3 Å². The molecule has 0 amide bonds. The maximum Gasteiger partial charge on any atom is 0.198 e. The fourth-order valence-corrected chi connectivity index (χ4v) is 3.37. The summed E-state index contributed by atoms with van der Waals surface area (Å²) in [7, 11) is 0. The Morgan fingerprint density at radius 3 is 2.90 bits per heavy atom. The molecule has 3 nitrogen and oxygen atoms in total. The number of benzene rings is 1. The second-order valence-electron chi connectivity index (χ2n) is 4.93. The largest absolute Gasteiger partial charge is 0.440 e. The van der Waals surface area contributed by atoms with Gasteiger partial charge in [0.1, 0.15) is 5.52 Å². The Labute approximate surface area is 130 Å². The van der Waals surface area contributed by atoms with Gasteiger partial charge in [0.25, 0.3) is 0 Å². The van der Waals surface area contributed by atoms with Gasteiger partial charge in [0.15, 0.2) is 11.5 Å². The third-order valence-corrected chi connectivity index (χ3v) is 4.97. The highest BCUT2D eigenvalue weighted by Crippen LogP contribution is 2.26. The van der Waals surface area contributed by atoms with E-state index < -0.39 is 0 Å². The second-order valence-corrected chi connectivity index (χ2v) is 6.79. The lowest BCUT2D eigenvalue weighted by Crippen LogP contribution is -1.97. The van der Waals surface area contributed by atoms with E-state index in [4.69, 9.17) is 4.42 Å². The maximum absolute atomic E-state index is 5.71. The third-order valence-electron chi connectivity index (χ3n) is 3.04. The molecule has 0 aliphatic carbocycles. The molecule has 104 valence electrons. The normalized spacial score (nSPS) is 11.4. The lowest BCUT2D eigenvalue weighted by atomic mass is 10.2. The number of halogens is 1. The molecule has 0 aliphatic heterocycles. The van der Waals surface area contributed by atoms with Crippen LogP contribution in [-0.2, 0) is 6.54 Å². The SMILES string of the molecule is CC(C)c1nc2cc(NCc3sccc3Br)ccc2o1. The number of hydrogen-bond acceptors (Lipinski definition) is 4. The number of thiophene rings is 1. The molecule has 0 saturated heterocycles. The summed E-state index contributed by atoms with van der Waals surface area (Å²) in [4.78, 5) is 5.81. The minimum atomic E-state index is 0.306. The Morgan fingerprint density at radius 2 is 2.20 bits per heavy atom. The summed E-state index contributed by atoms with van der Waals surface area (Å²) in [5.74, 6) is 1.10. The zero-order valence-corrected chi connectivity index (χ0v) is 13.7. The van der Waals surface area contributed by atoms with E-state index in [2.05, 4.69) is 51.5 Å². The molecule has 0 fully saturated rings. The zero-order chi connectivity index (χ0) is 14.1. The van der Waals surface area contributed by atoms with Crippen LogP contribution < -0.4 is 5.32 Å². The molecule has 0 saturated carbocycles. The fourth-order valence-electron chi connectivity index (χ4n) is 1.94. The third kappa shape index (κ3) is 2.74. The average Bonchev–Trinajstić information content (AvgIpc) is 3.01. The van der Waals surface area contributed by atoms with Crippen molar-refractivity contribution in [1.82, 2.24) is 4.98 Å². The Bertz CT molecular complexity index is 732. The van der Waals surface area contributed by atoms with Crippen molar-refractivity contribution in [1.29, 1.82) is 0 Å². The van der Waals surface area contributed by atoms with Crippen LogP contribution in [0.25, 0.3) is 11.1 Å². The highest BCUT2D eigenvalue weighted by atomic mass is 79.9. The van der Waals surface area contributed by atoms with Gasteiger partial charge in [-0.1, -0.05) is 13.8 Å². The molecule has 3 rings (SSSR count). The van der Waals surface area contributed by atoms with E-state index in [1.807, 2.05) is 18.2 Å². The summed E-state index contributed by atoms with van der Waals surface area (Å²) in [6, 6.07) is 8.10. The molecular weight excluding hydrogens is 336 g/mol. The van der Waals surface area contributed by atoms with Gasteiger partial charge in [-0.3, -0.25) is 0 Å². The van der Waals surface area contributed by atoms with E-state index in [1.165, 1.54) is 4.88 Å². The number of aromatic nitrogens is 1. The zero-order valence-electron chi connectivity index (χ0n) is 11.3. The lowest BCUT2D eigenvalue weighted by Gasteiger charge is -2.04. The first kappa shape index (κ1) is 13.6. The molecular formula is C15H15BrN2OS. The van der Waals surface area contributed by atoms with Gasteiger partial charge in [-0.2, -0.15) is 0 Å². The second kappa shape index (κ2) is 5.58. The first-order valence-electron chi connectivity index (χ1n) is 6.49. The Morgan fingerprint density at radius 1 is 1.35 bits per heavy atom. The molecule has 0 bridgehead atoms. The smallest absolute Gasteiger partial charge is 0.198 e. The molecule has 1 aromatic carbocycles. The average molecular weight is 351 g/mol. The molecule has 0 radical (unpaired) electrons. The summed E-state index contributed by atoms with van der Waals surface area (Å²) < 4.78 is 6.86. The Balaban J connectivity index is 1.80. The highest BCUT2D eigenvalue weighted by Gasteiger charge is 2.09. The summed E-state index contributed by atoms with van der Waals surface area (Å²) in [5, 5.41) is 5.50. The summed E-state index contributed by atoms with van der Waals surface area (Å²) in [6.07, 6.45) is 0. The fraction of sp³-hybridized carbons (Fsp3) is 0.267. The highest BCUT2D eigenvalue weighted by molar-refractivity contribution is 9.10. The molecule has 0 atom stereocenters. The number of oxazole rings is 1. The van der Waals surface area contributed by atoms with Gasteiger partial charge in [-0.25, -0.2) is 4.98 Å². The number of anilines is 1. The van der Waals surface area contributed by atoms with E-state index in [0.29, 0.717) is 5.92 Å². The summed E-state index contributed by atoms with van der Waals surface area (Å²) in [6.45, 7) is 4.97. The minimum Gasteiger partial charge on any atom is -0.440 e. The summed E-state index contributed by atoms with van der Waals surface area (Å²) in [5.41, 5.74) is 2.81. The standard InChI is InChI=1S/C15H15BrN2OS/c1-9(2)15-18-12-7-10(3-4-13(12)19-15)17-8-14-11(16)5-6-20-14/h3-7,9,17H,8H2,1-2H3. The first-order chi connectivity index (χ1) is 9.63. The van der Waals surface area contributed by atoms with Gasteiger partial charge >= 0.3 is 0 Å². The molecule has 1 N–H and O–H groups in total. The number of fused-ring (bicyclic) bond motifs is 1. The van der Waals surface area contributed by atoms with Gasteiger partial charge in [-0.05, 0) is 45.6 Å². The van der Waals surface area contributed by atoms with Crippen LogP contribution >= 0.6 is 27.3 Å². The molecule has 5 heteroatoms. The topological polar surface area (TPSA) is 38.1 Å². The van der Waals surface area contributed by atoms with E-state index in [-0.39, 0.29) is 0 Å². The van der Waals surface area contributed by atoms with Crippen LogP contribution in [0.3, 0.4) is 0 Å². The van der Waals surface area contributed by atoms with Crippen molar-refractivity contribution < 1.29 is 4.42 Å². The number of hydrogen-bond donors (Lipinski definition) is 1. The van der Waals surface area contributed by atoms with Crippen LogP contribution in [0.4, 0.5) is 5.69 Å². The van der Waals surface area contributed by atoms with Crippen molar-refractivity contribution >= 4 is 44.1 Å². The monoisotopic (exact) mass is 350 g/mol. The van der Waals surface area contributed by atoms with Crippen molar-refractivity contribution in [3.63, 3.8) is 0 Å². The molecule has 0 spiro atoms. The van der Waals surface area contributed by atoms with Gasteiger partial charge in [-0.15, -0.1) is 11.3 Å². The quantitative estimate of drug-likeness (QED) is 0.685. The minimum absolute atomic E-state index is 0.306. The van der Waals surface area contributed by atoms with Crippen molar-refractivity contribution in [3.8, 4) is 0 Å². The first-order valence-corrected chi connectivity index (χ1v) is 8.17. The van der Waals surface area contributed by atoms with Crippen LogP contribution in [-0.4, -0.2) is 4.98 Å². The Kier molecular flexibility index (Phi) is 3.81. The number of nitrogens with one attached hydrogen (secondary N) is 1. The van der Waals surface area contributed by atoms with Crippen LogP contribution in [0, 0.1) is 0 Å². The molecule has 20 heavy (non-hydrogen) atoms. The van der Waals surface area contributed by atoms with Gasteiger partial charge in [0.2, 0.25) is 0 Å². The van der Waals surface area contributed by atoms with Crippen LogP contribution in [0.2, 0.25) is 0 Å². The number of nitrogens with zero attached hydrogens (tertiary/aromatic N) is 1. The molecule has 2 heterocycles. The molecule has 0 unspecified atom stereocenters. The van der Waals surface area contributed by atoms with Crippen molar-refractivity contribution in [3.05, 3.63) is 44.9 Å². The molecule has 0 aliphatic rings. The maximum atomic E-state index is 5.71. The molecule has 3 aromatic rings. The van der Waals surface area contributed by atoms with Crippen LogP contribution in [0.15, 0.2) is 38.5 Å². The Hall–Kier alpha value is -1.33.